The number of anilines is 1. The van der Waals surface area contributed by atoms with Crippen molar-refractivity contribution < 1.29 is 14.3 Å². The normalized spacial score (nSPS) is 10.6. The summed E-state index contributed by atoms with van der Waals surface area (Å²) in [4.78, 5) is 12.5. The van der Waals surface area contributed by atoms with E-state index in [1.54, 1.807) is 14.0 Å². The van der Waals surface area contributed by atoms with Gasteiger partial charge in [-0.25, -0.2) is 4.79 Å². The van der Waals surface area contributed by atoms with Crippen LogP contribution >= 0.6 is 0 Å². The zero-order valence-corrected chi connectivity index (χ0v) is 13.7. The van der Waals surface area contributed by atoms with Gasteiger partial charge < -0.3 is 15.2 Å². The molecule has 3 aromatic rings. The van der Waals surface area contributed by atoms with Crippen molar-refractivity contribution in [3.8, 4) is 16.9 Å². The average molecular weight is 321 g/mol. The van der Waals surface area contributed by atoms with Crippen molar-refractivity contribution in [1.29, 1.82) is 0 Å². The summed E-state index contributed by atoms with van der Waals surface area (Å²) in [7, 11) is 1.60. The van der Waals surface area contributed by atoms with E-state index < -0.39 is 5.97 Å². The molecule has 122 valence electrons. The van der Waals surface area contributed by atoms with Crippen LogP contribution in [0.15, 0.2) is 54.6 Å². The Bertz CT molecular complexity index is 888. The largest absolute Gasteiger partial charge is 0.497 e. The maximum Gasteiger partial charge on any atom is 0.340 e. The maximum atomic E-state index is 12.5. The van der Waals surface area contributed by atoms with Gasteiger partial charge in [0, 0.05) is 5.39 Å². The number of carbonyl (C=O) groups excluding carboxylic acids is 1. The molecule has 0 radical (unpaired) electrons. The SMILES string of the molecule is CCOC(=O)c1c(-c2ccccc2)cc2ccc(OC)cc2c1N. The second kappa shape index (κ2) is 6.62. The molecule has 4 heteroatoms. The molecule has 0 atom stereocenters. The van der Waals surface area contributed by atoms with Gasteiger partial charge in [-0.3, -0.25) is 0 Å². The number of carbonyl (C=O) groups is 1. The predicted octanol–water partition coefficient (Wildman–Crippen LogP) is 4.27. The summed E-state index contributed by atoms with van der Waals surface area (Å²) >= 11 is 0. The molecule has 24 heavy (non-hydrogen) atoms. The minimum absolute atomic E-state index is 0.294. The molecule has 0 spiro atoms. The molecule has 0 heterocycles. The van der Waals surface area contributed by atoms with E-state index in [0.717, 1.165) is 21.9 Å². The van der Waals surface area contributed by atoms with Crippen molar-refractivity contribution in [3.05, 3.63) is 60.2 Å². The van der Waals surface area contributed by atoms with Crippen molar-refractivity contribution in [2.24, 2.45) is 0 Å². The summed E-state index contributed by atoms with van der Waals surface area (Å²) < 4.78 is 10.5. The van der Waals surface area contributed by atoms with Gasteiger partial charge in [-0.1, -0.05) is 36.4 Å². The molecule has 2 N–H and O–H groups in total. The number of hydrogen-bond donors (Lipinski definition) is 1. The Kier molecular flexibility index (Phi) is 4.38. The highest BCUT2D eigenvalue weighted by Gasteiger charge is 2.20. The lowest BCUT2D eigenvalue weighted by atomic mass is 9.93. The number of methoxy groups -OCH3 is 1. The molecule has 3 rings (SSSR count). The maximum absolute atomic E-state index is 12.5. The quantitative estimate of drug-likeness (QED) is 0.575. The van der Waals surface area contributed by atoms with Gasteiger partial charge in [0.1, 0.15) is 5.75 Å². The van der Waals surface area contributed by atoms with Gasteiger partial charge >= 0.3 is 5.97 Å². The van der Waals surface area contributed by atoms with Crippen LogP contribution in [0.4, 0.5) is 5.69 Å². The predicted molar refractivity (Wildman–Crippen MR) is 96.3 cm³/mol. The first-order chi connectivity index (χ1) is 11.7. The van der Waals surface area contributed by atoms with Gasteiger partial charge in [-0.2, -0.15) is 0 Å². The van der Waals surface area contributed by atoms with Crippen LogP contribution in [-0.2, 0) is 4.74 Å². The van der Waals surface area contributed by atoms with Crippen LogP contribution in [0.1, 0.15) is 17.3 Å². The molecule has 0 fully saturated rings. The van der Waals surface area contributed by atoms with Crippen molar-refractivity contribution in [1.82, 2.24) is 0 Å². The van der Waals surface area contributed by atoms with E-state index >= 15 is 0 Å². The van der Waals surface area contributed by atoms with Crippen LogP contribution in [0.2, 0.25) is 0 Å². The number of esters is 1. The van der Waals surface area contributed by atoms with E-state index in [2.05, 4.69) is 0 Å². The number of ether oxygens (including phenoxy) is 2. The van der Waals surface area contributed by atoms with Gasteiger partial charge in [-0.15, -0.1) is 0 Å². The van der Waals surface area contributed by atoms with Crippen molar-refractivity contribution >= 4 is 22.4 Å². The number of nitrogen functional groups attached to an aromatic ring is 1. The lowest BCUT2D eigenvalue weighted by Gasteiger charge is -2.15. The van der Waals surface area contributed by atoms with E-state index in [0.29, 0.717) is 23.6 Å². The van der Waals surface area contributed by atoms with Crippen LogP contribution in [0.3, 0.4) is 0 Å². The lowest BCUT2D eigenvalue weighted by Crippen LogP contribution is -2.10. The van der Waals surface area contributed by atoms with E-state index in [1.807, 2.05) is 54.6 Å². The van der Waals surface area contributed by atoms with E-state index in [1.165, 1.54) is 0 Å². The van der Waals surface area contributed by atoms with E-state index in [-0.39, 0.29) is 0 Å². The highest BCUT2D eigenvalue weighted by atomic mass is 16.5. The summed E-state index contributed by atoms with van der Waals surface area (Å²) in [5, 5.41) is 1.72. The standard InChI is InChI=1S/C20H19NO3/c1-3-24-20(22)18-16(13-7-5-4-6-8-13)11-14-9-10-15(23-2)12-17(14)19(18)21/h4-12H,3,21H2,1-2H3. The Labute approximate surface area is 140 Å². The fraction of sp³-hybridized carbons (Fsp3) is 0.150. The first kappa shape index (κ1) is 15.9. The second-order valence-corrected chi connectivity index (χ2v) is 5.39. The molecule has 0 bridgehead atoms. The molecule has 0 unspecified atom stereocenters. The van der Waals surface area contributed by atoms with Gasteiger partial charge in [0.25, 0.3) is 0 Å². The first-order valence-electron chi connectivity index (χ1n) is 7.78. The highest BCUT2D eigenvalue weighted by molar-refractivity contribution is 6.11. The molecule has 0 amide bonds. The third-order valence-electron chi connectivity index (χ3n) is 3.95. The Balaban J connectivity index is 2.33. The number of benzene rings is 3. The zero-order valence-electron chi connectivity index (χ0n) is 13.7. The summed E-state index contributed by atoms with van der Waals surface area (Å²) in [6, 6.07) is 17.3. The fourth-order valence-corrected chi connectivity index (χ4v) is 2.80. The Morgan fingerprint density at radius 2 is 1.83 bits per heavy atom. The van der Waals surface area contributed by atoms with Crippen LogP contribution in [0, 0.1) is 0 Å². The Morgan fingerprint density at radius 1 is 1.08 bits per heavy atom. The van der Waals surface area contributed by atoms with Gasteiger partial charge in [0.05, 0.1) is 25.0 Å². The molecule has 0 aromatic heterocycles. The number of nitrogens with two attached hydrogens (primary N) is 1. The molecular weight excluding hydrogens is 302 g/mol. The molecule has 3 aromatic carbocycles. The van der Waals surface area contributed by atoms with Crippen LogP contribution in [-0.4, -0.2) is 19.7 Å². The number of fused-ring (bicyclic) bond motifs is 1. The summed E-state index contributed by atoms with van der Waals surface area (Å²) in [5.74, 6) is 0.273. The molecule has 4 nitrogen and oxygen atoms in total. The summed E-state index contributed by atoms with van der Waals surface area (Å²) in [6.45, 7) is 2.07. The highest BCUT2D eigenvalue weighted by Crippen LogP contribution is 2.36. The van der Waals surface area contributed by atoms with Gasteiger partial charge in [0.2, 0.25) is 0 Å². The Hall–Kier alpha value is -3.01. The smallest absolute Gasteiger partial charge is 0.340 e. The van der Waals surface area contributed by atoms with Crippen LogP contribution in [0.5, 0.6) is 5.75 Å². The summed E-state index contributed by atoms with van der Waals surface area (Å²) in [6.07, 6.45) is 0. The minimum atomic E-state index is -0.418. The number of hydrogen-bond acceptors (Lipinski definition) is 4. The lowest BCUT2D eigenvalue weighted by molar-refractivity contribution is 0.0528. The third-order valence-corrected chi connectivity index (χ3v) is 3.95. The summed E-state index contributed by atoms with van der Waals surface area (Å²) in [5.41, 5.74) is 8.84. The molecule has 0 aliphatic rings. The Morgan fingerprint density at radius 3 is 2.50 bits per heavy atom. The van der Waals surface area contributed by atoms with Crippen LogP contribution < -0.4 is 10.5 Å². The monoisotopic (exact) mass is 321 g/mol. The fourth-order valence-electron chi connectivity index (χ4n) is 2.80. The second-order valence-electron chi connectivity index (χ2n) is 5.39. The van der Waals surface area contributed by atoms with Crippen molar-refractivity contribution in [3.63, 3.8) is 0 Å². The molecule has 0 aliphatic heterocycles. The minimum Gasteiger partial charge on any atom is -0.497 e. The average Bonchev–Trinajstić information content (AvgIpc) is 2.62. The third kappa shape index (κ3) is 2.78. The van der Waals surface area contributed by atoms with E-state index in [4.69, 9.17) is 15.2 Å². The molecule has 0 aliphatic carbocycles. The van der Waals surface area contributed by atoms with Gasteiger partial charge in [-0.05, 0) is 41.6 Å². The van der Waals surface area contributed by atoms with Gasteiger partial charge in [0.15, 0.2) is 0 Å². The van der Waals surface area contributed by atoms with Crippen molar-refractivity contribution in [2.75, 3.05) is 19.5 Å². The first-order valence-corrected chi connectivity index (χ1v) is 7.78. The van der Waals surface area contributed by atoms with Crippen molar-refractivity contribution in [2.45, 2.75) is 6.92 Å². The number of rotatable bonds is 4. The zero-order chi connectivity index (χ0) is 17.1. The van der Waals surface area contributed by atoms with Crippen LogP contribution in [0.25, 0.3) is 21.9 Å². The molecule has 0 saturated heterocycles. The van der Waals surface area contributed by atoms with E-state index in [9.17, 15) is 4.79 Å². The topological polar surface area (TPSA) is 61.5 Å². The molecular formula is C20H19NO3. The molecule has 0 saturated carbocycles.